The maximum Gasteiger partial charge on any atom is 0.255 e. The SMILES string of the molecule is Cl.NC(=O)COc1ccc(C(=O)N2CCC3CCC(C2)N3)cc1. The first kappa shape index (κ1) is 17.6. The number of nitrogens with zero attached hydrogens (tertiary/aromatic N) is 1. The Morgan fingerprint density at radius 1 is 1.17 bits per heavy atom. The zero-order valence-corrected chi connectivity index (χ0v) is 13.7. The molecule has 126 valence electrons. The monoisotopic (exact) mass is 339 g/mol. The van der Waals surface area contributed by atoms with Crippen molar-refractivity contribution in [3.8, 4) is 5.75 Å². The van der Waals surface area contributed by atoms with E-state index in [1.807, 2.05) is 4.90 Å². The molecule has 3 rings (SSSR count). The lowest BCUT2D eigenvalue weighted by Crippen LogP contribution is -2.39. The summed E-state index contributed by atoms with van der Waals surface area (Å²) < 4.78 is 5.20. The average molecular weight is 340 g/mol. The van der Waals surface area contributed by atoms with Crippen molar-refractivity contribution in [3.05, 3.63) is 29.8 Å². The molecule has 0 aromatic heterocycles. The molecular weight excluding hydrogens is 318 g/mol. The Labute approximate surface area is 141 Å². The van der Waals surface area contributed by atoms with Gasteiger partial charge >= 0.3 is 0 Å². The number of carbonyl (C=O) groups is 2. The zero-order valence-electron chi connectivity index (χ0n) is 12.9. The van der Waals surface area contributed by atoms with Crippen LogP contribution in [0.1, 0.15) is 29.6 Å². The van der Waals surface area contributed by atoms with Crippen LogP contribution in [-0.2, 0) is 4.79 Å². The number of likely N-dealkylation sites (tertiary alicyclic amines) is 1. The summed E-state index contributed by atoms with van der Waals surface area (Å²) >= 11 is 0. The summed E-state index contributed by atoms with van der Waals surface area (Å²) in [4.78, 5) is 25.2. The van der Waals surface area contributed by atoms with E-state index in [-0.39, 0.29) is 24.9 Å². The standard InChI is InChI=1S/C16H21N3O3.ClH/c17-15(20)10-22-14-5-1-11(2-6-14)16(21)19-8-7-12-3-4-13(9-19)18-12;/h1-2,5-6,12-13,18H,3-4,7-10H2,(H2,17,20);1H. The highest BCUT2D eigenvalue weighted by molar-refractivity contribution is 5.94. The van der Waals surface area contributed by atoms with Gasteiger partial charge in [0, 0.05) is 30.7 Å². The van der Waals surface area contributed by atoms with Crippen LogP contribution in [0.15, 0.2) is 24.3 Å². The Bertz CT molecular complexity index is 564. The third kappa shape index (κ3) is 4.36. The molecule has 1 aromatic rings. The lowest BCUT2D eigenvalue weighted by atomic mass is 10.1. The number of rotatable bonds is 4. The van der Waals surface area contributed by atoms with Crippen molar-refractivity contribution in [1.82, 2.24) is 10.2 Å². The van der Waals surface area contributed by atoms with Crippen LogP contribution in [0.2, 0.25) is 0 Å². The van der Waals surface area contributed by atoms with Crippen LogP contribution in [0.25, 0.3) is 0 Å². The number of halogens is 1. The van der Waals surface area contributed by atoms with Crippen LogP contribution < -0.4 is 15.8 Å². The van der Waals surface area contributed by atoms with Crippen molar-refractivity contribution < 1.29 is 14.3 Å². The van der Waals surface area contributed by atoms with Gasteiger partial charge in [-0.3, -0.25) is 9.59 Å². The summed E-state index contributed by atoms with van der Waals surface area (Å²) in [5, 5.41) is 3.57. The molecule has 3 N–H and O–H groups in total. The molecule has 2 fully saturated rings. The van der Waals surface area contributed by atoms with Crippen molar-refractivity contribution in [2.45, 2.75) is 31.3 Å². The zero-order chi connectivity index (χ0) is 15.5. The van der Waals surface area contributed by atoms with Gasteiger partial charge in [-0.1, -0.05) is 0 Å². The van der Waals surface area contributed by atoms with Crippen LogP contribution in [0.4, 0.5) is 0 Å². The first-order valence-electron chi connectivity index (χ1n) is 7.68. The van der Waals surface area contributed by atoms with Crippen LogP contribution in [0.5, 0.6) is 5.75 Å². The summed E-state index contributed by atoms with van der Waals surface area (Å²) in [5.41, 5.74) is 5.67. The van der Waals surface area contributed by atoms with E-state index in [9.17, 15) is 9.59 Å². The molecule has 1 aromatic carbocycles. The third-order valence-corrected chi connectivity index (χ3v) is 4.29. The molecule has 23 heavy (non-hydrogen) atoms. The van der Waals surface area contributed by atoms with E-state index >= 15 is 0 Å². The quantitative estimate of drug-likeness (QED) is 0.855. The van der Waals surface area contributed by atoms with Gasteiger partial charge in [0.25, 0.3) is 11.8 Å². The molecule has 7 heteroatoms. The lowest BCUT2D eigenvalue weighted by Gasteiger charge is -2.24. The number of amides is 2. The second kappa shape index (κ2) is 7.66. The van der Waals surface area contributed by atoms with Crippen LogP contribution in [-0.4, -0.2) is 48.5 Å². The number of hydrogen-bond donors (Lipinski definition) is 2. The van der Waals surface area contributed by atoms with Gasteiger partial charge in [-0.15, -0.1) is 12.4 Å². The number of primary amides is 1. The van der Waals surface area contributed by atoms with E-state index in [1.165, 1.54) is 6.42 Å². The summed E-state index contributed by atoms with van der Waals surface area (Å²) in [7, 11) is 0. The van der Waals surface area contributed by atoms with Gasteiger partial charge in [0.1, 0.15) is 5.75 Å². The van der Waals surface area contributed by atoms with Gasteiger partial charge in [-0.05, 0) is 43.5 Å². The number of benzene rings is 1. The largest absolute Gasteiger partial charge is 0.484 e. The van der Waals surface area contributed by atoms with E-state index in [0.29, 0.717) is 23.4 Å². The molecule has 2 unspecified atom stereocenters. The summed E-state index contributed by atoms with van der Waals surface area (Å²) in [6.45, 7) is 1.41. The van der Waals surface area contributed by atoms with Crippen molar-refractivity contribution in [1.29, 1.82) is 0 Å². The molecule has 2 atom stereocenters. The maximum atomic E-state index is 12.6. The molecule has 2 bridgehead atoms. The molecule has 2 amide bonds. The van der Waals surface area contributed by atoms with E-state index < -0.39 is 5.91 Å². The molecule has 6 nitrogen and oxygen atoms in total. The lowest BCUT2D eigenvalue weighted by molar-refractivity contribution is -0.119. The van der Waals surface area contributed by atoms with Crippen LogP contribution in [0.3, 0.4) is 0 Å². The molecule has 2 saturated heterocycles. The van der Waals surface area contributed by atoms with Crippen molar-refractivity contribution in [2.75, 3.05) is 19.7 Å². The Morgan fingerprint density at radius 3 is 2.57 bits per heavy atom. The Morgan fingerprint density at radius 2 is 1.87 bits per heavy atom. The summed E-state index contributed by atoms with van der Waals surface area (Å²) in [6.07, 6.45) is 3.38. The number of ether oxygens (including phenoxy) is 1. The fourth-order valence-corrected chi connectivity index (χ4v) is 3.16. The number of carbonyl (C=O) groups excluding carboxylic acids is 2. The topological polar surface area (TPSA) is 84.7 Å². The van der Waals surface area contributed by atoms with E-state index in [1.54, 1.807) is 24.3 Å². The minimum Gasteiger partial charge on any atom is -0.484 e. The Hall–Kier alpha value is -1.79. The molecule has 2 aliphatic heterocycles. The van der Waals surface area contributed by atoms with E-state index in [2.05, 4.69) is 5.32 Å². The minimum atomic E-state index is -0.521. The normalized spacial score (nSPS) is 22.9. The number of fused-ring (bicyclic) bond motifs is 2. The average Bonchev–Trinajstić information content (AvgIpc) is 2.84. The fourth-order valence-electron chi connectivity index (χ4n) is 3.16. The van der Waals surface area contributed by atoms with Gasteiger partial charge in [0.05, 0.1) is 0 Å². The predicted molar refractivity (Wildman–Crippen MR) is 88.8 cm³/mol. The van der Waals surface area contributed by atoms with Crippen LogP contribution in [0, 0.1) is 0 Å². The number of nitrogens with two attached hydrogens (primary N) is 1. The molecule has 0 radical (unpaired) electrons. The number of nitrogens with one attached hydrogen (secondary N) is 1. The van der Waals surface area contributed by atoms with E-state index in [0.717, 1.165) is 25.9 Å². The van der Waals surface area contributed by atoms with Crippen molar-refractivity contribution >= 4 is 24.2 Å². The molecule has 0 saturated carbocycles. The van der Waals surface area contributed by atoms with Gasteiger partial charge < -0.3 is 20.7 Å². The Balaban J connectivity index is 0.00000192. The second-order valence-corrected chi connectivity index (χ2v) is 5.96. The number of hydrogen-bond acceptors (Lipinski definition) is 4. The molecule has 0 spiro atoms. The first-order chi connectivity index (χ1) is 10.6. The molecule has 2 heterocycles. The van der Waals surface area contributed by atoms with Crippen molar-refractivity contribution in [2.24, 2.45) is 5.73 Å². The predicted octanol–water partition coefficient (Wildman–Crippen LogP) is 0.939. The van der Waals surface area contributed by atoms with Crippen LogP contribution >= 0.6 is 12.4 Å². The minimum absolute atomic E-state index is 0. The summed E-state index contributed by atoms with van der Waals surface area (Å²) in [5.74, 6) is 0.0648. The highest BCUT2D eigenvalue weighted by atomic mass is 35.5. The van der Waals surface area contributed by atoms with Gasteiger partial charge in [-0.2, -0.15) is 0 Å². The van der Waals surface area contributed by atoms with Gasteiger partial charge in [0.15, 0.2) is 6.61 Å². The fraction of sp³-hybridized carbons (Fsp3) is 0.500. The highest BCUT2D eigenvalue weighted by Crippen LogP contribution is 2.22. The van der Waals surface area contributed by atoms with E-state index in [4.69, 9.17) is 10.5 Å². The first-order valence-corrected chi connectivity index (χ1v) is 7.68. The van der Waals surface area contributed by atoms with Crippen molar-refractivity contribution in [3.63, 3.8) is 0 Å². The molecular formula is C16H22ClN3O3. The molecule has 2 aliphatic rings. The maximum absolute atomic E-state index is 12.6. The van der Waals surface area contributed by atoms with Gasteiger partial charge in [-0.25, -0.2) is 0 Å². The Kier molecular flexibility index (Phi) is 5.85. The van der Waals surface area contributed by atoms with Gasteiger partial charge in [0.2, 0.25) is 0 Å². The third-order valence-electron chi connectivity index (χ3n) is 4.29. The smallest absolute Gasteiger partial charge is 0.255 e. The summed E-state index contributed by atoms with van der Waals surface area (Å²) in [6, 6.07) is 7.84. The molecule has 0 aliphatic carbocycles. The second-order valence-electron chi connectivity index (χ2n) is 5.96. The highest BCUT2D eigenvalue weighted by Gasteiger charge is 2.31.